The predicted octanol–water partition coefficient (Wildman–Crippen LogP) is 2.72. The summed E-state index contributed by atoms with van der Waals surface area (Å²) in [5, 5.41) is 0. The van der Waals surface area contributed by atoms with Gasteiger partial charge in [-0.05, 0) is 38.0 Å². The lowest BCUT2D eigenvalue weighted by Gasteiger charge is -2.20. The van der Waals surface area contributed by atoms with Crippen LogP contribution in [-0.4, -0.2) is 13.2 Å². The van der Waals surface area contributed by atoms with E-state index in [1.807, 2.05) is 0 Å². The summed E-state index contributed by atoms with van der Waals surface area (Å²) in [5.74, 6) is -0.379. The molecule has 0 aromatic heterocycles. The highest BCUT2D eigenvalue weighted by Crippen LogP contribution is 2.25. The molecule has 0 N–H and O–H groups in total. The van der Waals surface area contributed by atoms with Gasteiger partial charge in [0.05, 0.1) is 4.75 Å². The van der Waals surface area contributed by atoms with E-state index in [0.29, 0.717) is 5.56 Å². The highest BCUT2D eigenvalue weighted by Gasteiger charge is 2.32. The predicted molar refractivity (Wildman–Crippen MR) is 59.0 cm³/mol. The van der Waals surface area contributed by atoms with Crippen molar-refractivity contribution in [1.82, 2.24) is 0 Å². The minimum Gasteiger partial charge on any atom is -0.212 e. The van der Waals surface area contributed by atoms with Gasteiger partial charge in [0.25, 0.3) is 0 Å². The van der Waals surface area contributed by atoms with E-state index in [0.717, 1.165) is 0 Å². The zero-order valence-corrected chi connectivity index (χ0v) is 10.1. The second-order valence-electron chi connectivity index (χ2n) is 4.00. The molecule has 0 heterocycles. The summed E-state index contributed by atoms with van der Waals surface area (Å²) in [6.07, 6.45) is 0.191. The Hall–Kier alpha value is -0.610. The minimum absolute atomic E-state index is 0.191. The maximum Gasteiger partial charge on any atom is 0.238 e. The first-order valence-electron chi connectivity index (χ1n) is 4.41. The summed E-state index contributed by atoms with van der Waals surface area (Å²) >= 11 is 0. The summed E-state index contributed by atoms with van der Waals surface area (Å²) in [6, 6.07) is 5.84. The maximum atomic E-state index is 12.9. The van der Waals surface area contributed by atoms with Crippen molar-refractivity contribution in [1.29, 1.82) is 0 Å². The average molecular weight is 251 g/mol. The van der Waals surface area contributed by atoms with Crippen LogP contribution in [0.3, 0.4) is 0 Å². The number of hydrogen-bond donors (Lipinski definition) is 0. The largest absolute Gasteiger partial charge is 0.238 e. The molecule has 0 atom stereocenters. The quantitative estimate of drug-likeness (QED) is 0.773. The zero-order valence-electron chi connectivity index (χ0n) is 8.50. The van der Waals surface area contributed by atoms with Gasteiger partial charge in [0.15, 0.2) is 0 Å². The van der Waals surface area contributed by atoms with Crippen molar-refractivity contribution in [2.24, 2.45) is 0 Å². The molecule has 0 aliphatic heterocycles. The smallest absolute Gasteiger partial charge is 0.212 e. The van der Waals surface area contributed by atoms with E-state index in [1.54, 1.807) is 12.1 Å². The van der Waals surface area contributed by atoms with Gasteiger partial charge in [-0.3, -0.25) is 0 Å². The van der Waals surface area contributed by atoms with Crippen LogP contribution in [0.15, 0.2) is 24.3 Å². The van der Waals surface area contributed by atoms with Crippen molar-refractivity contribution < 1.29 is 12.8 Å². The molecule has 0 aliphatic rings. The van der Waals surface area contributed by atoms with E-state index in [4.69, 9.17) is 10.7 Å². The molecule has 1 aromatic rings. The standard InChI is InChI=1S/C10H12ClFO2S/c1-10(2,15(11,13)14)7-8-4-3-5-9(12)6-8/h3-6H,7H2,1-2H3. The molecule has 2 nitrogen and oxygen atoms in total. The Balaban J connectivity index is 2.97. The summed E-state index contributed by atoms with van der Waals surface area (Å²) in [7, 11) is 1.63. The van der Waals surface area contributed by atoms with Crippen LogP contribution in [0, 0.1) is 5.82 Å². The van der Waals surface area contributed by atoms with Crippen LogP contribution in [-0.2, 0) is 15.5 Å². The van der Waals surface area contributed by atoms with Crippen LogP contribution in [0.25, 0.3) is 0 Å². The molecule has 0 saturated heterocycles. The second-order valence-corrected chi connectivity index (χ2v) is 7.20. The number of halogens is 2. The molecule has 15 heavy (non-hydrogen) atoms. The molecular formula is C10H12ClFO2S. The highest BCUT2D eigenvalue weighted by atomic mass is 35.7. The SMILES string of the molecule is CC(C)(Cc1cccc(F)c1)S(=O)(=O)Cl. The molecule has 0 bridgehead atoms. The molecule has 0 amide bonds. The van der Waals surface area contributed by atoms with Crippen LogP contribution in [0.1, 0.15) is 19.4 Å². The molecule has 0 radical (unpaired) electrons. The Morgan fingerprint density at radius 1 is 1.40 bits per heavy atom. The van der Waals surface area contributed by atoms with Crippen molar-refractivity contribution in [3.05, 3.63) is 35.6 Å². The van der Waals surface area contributed by atoms with Gasteiger partial charge in [-0.2, -0.15) is 0 Å². The topological polar surface area (TPSA) is 34.1 Å². The fraction of sp³-hybridized carbons (Fsp3) is 0.400. The Morgan fingerprint density at radius 2 is 2.00 bits per heavy atom. The van der Waals surface area contributed by atoms with E-state index < -0.39 is 13.8 Å². The van der Waals surface area contributed by atoms with Crippen LogP contribution < -0.4 is 0 Å². The average Bonchev–Trinajstić information content (AvgIpc) is 2.00. The number of benzene rings is 1. The van der Waals surface area contributed by atoms with Gasteiger partial charge in [0, 0.05) is 10.7 Å². The van der Waals surface area contributed by atoms with E-state index in [9.17, 15) is 12.8 Å². The fourth-order valence-electron chi connectivity index (χ4n) is 1.22. The molecule has 0 fully saturated rings. The Morgan fingerprint density at radius 3 is 2.47 bits per heavy atom. The van der Waals surface area contributed by atoms with Crippen LogP contribution in [0.5, 0.6) is 0 Å². The highest BCUT2D eigenvalue weighted by molar-refractivity contribution is 8.14. The third-order valence-electron chi connectivity index (χ3n) is 2.18. The van der Waals surface area contributed by atoms with Gasteiger partial charge in [-0.25, -0.2) is 12.8 Å². The molecule has 0 spiro atoms. The summed E-state index contributed by atoms with van der Waals surface area (Å²) in [5.41, 5.74) is 0.615. The van der Waals surface area contributed by atoms with Crippen molar-refractivity contribution in [3.8, 4) is 0 Å². The van der Waals surface area contributed by atoms with Gasteiger partial charge in [0.1, 0.15) is 5.82 Å². The Bertz CT molecular complexity index is 454. The van der Waals surface area contributed by atoms with Crippen molar-refractivity contribution in [2.45, 2.75) is 25.0 Å². The molecule has 0 unspecified atom stereocenters. The van der Waals surface area contributed by atoms with Crippen molar-refractivity contribution in [3.63, 3.8) is 0 Å². The van der Waals surface area contributed by atoms with Crippen molar-refractivity contribution >= 4 is 19.7 Å². The third kappa shape index (κ3) is 3.18. The van der Waals surface area contributed by atoms with Crippen LogP contribution in [0.4, 0.5) is 4.39 Å². The minimum atomic E-state index is -3.66. The van der Waals surface area contributed by atoms with Crippen LogP contribution >= 0.6 is 10.7 Å². The van der Waals surface area contributed by atoms with Gasteiger partial charge in [0.2, 0.25) is 9.05 Å². The molecule has 1 aromatic carbocycles. The van der Waals surface area contributed by atoms with Gasteiger partial charge in [-0.1, -0.05) is 12.1 Å². The summed E-state index contributed by atoms with van der Waals surface area (Å²) < 4.78 is 34.2. The molecule has 5 heteroatoms. The van der Waals surface area contributed by atoms with Crippen molar-refractivity contribution in [2.75, 3.05) is 0 Å². The fourth-order valence-corrected chi connectivity index (χ4v) is 1.73. The lowest BCUT2D eigenvalue weighted by atomic mass is 10.0. The number of hydrogen-bond acceptors (Lipinski definition) is 2. The first kappa shape index (κ1) is 12.5. The first-order chi connectivity index (χ1) is 6.72. The Labute approximate surface area is 93.5 Å². The number of rotatable bonds is 3. The molecule has 0 aliphatic carbocycles. The molecule has 84 valence electrons. The monoisotopic (exact) mass is 250 g/mol. The zero-order chi connectivity index (χ0) is 11.7. The maximum absolute atomic E-state index is 12.9. The van der Waals surface area contributed by atoms with E-state index in [1.165, 1.54) is 26.0 Å². The second kappa shape index (κ2) is 4.10. The first-order valence-corrected chi connectivity index (χ1v) is 6.72. The molecular weight excluding hydrogens is 239 g/mol. The van der Waals surface area contributed by atoms with Gasteiger partial charge in [-0.15, -0.1) is 0 Å². The third-order valence-corrected chi connectivity index (χ3v) is 4.90. The van der Waals surface area contributed by atoms with E-state index in [2.05, 4.69) is 0 Å². The molecule has 1 rings (SSSR count). The van der Waals surface area contributed by atoms with E-state index in [-0.39, 0.29) is 12.2 Å². The van der Waals surface area contributed by atoms with E-state index >= 15 is 0 Å². The normalized spacial score (nSPS) is 12.8. The lowest BCUT2D eigenvalue weighted by molar-refractivity contribution is 0.557. The van der Waals surface area contributed by atoms with Crippen LogP contribution in [0.2, 0.25) is 0 Å². The summed E-state index contributed by atoms with van der Waals surface area (Å²) in [6.45, 7) is 3.03. The Kier molecular flexibility index (Phi) is 3.41. The lowest BCUT2D eigenvalue weighted by Crippen LogP contribution is -2.30. The van der Waals surface area contributed by atoms with Gasteiger partial charge >= 0.3 is 0 Å². The summed E-state index contributed by atoms with van der Waals surface area (Å²) in [4.78, 5) is 0. The molecule has 0 saturated carbocycles. The van der Waals surface area contributed by atoms with Gasteiger partial charge < -0.3 is 0 Å².